The highest BCUT2D eigenvalue weighted by Gasteiger charge is 2.28. The van der Waals surface area contributed by atoms with E-state index in [1.165, 1.54) is 12.8 Å². The first-order valence-corrected chi connectivity index (χ1v) is 8.12. The van der Waals surface area contributed by atoms with Crippen molar-refractivity contribution in [3.63, 3.8) is 0 Å². The van der Waals surface area contributed by atoms with Crippen LogP contribution in [0.25, 0.3) is 5.65 Å². The molecule has 3 rings (SSSR count). The zero-order valence-electron chi connectivity index (χ0n) is 13.0. The average Bonchev–Trinajstić information content (AvgIpc) is 2.77. The Labute approximate surface area is 134 Å². The average molecular weight is 318 g/mol. The molecule has 2 aromatic heterocycles. The van der Waals surface area contributed by atoms with E-state index in [-0.39, 0.29) is 18.6 Å². The van der Waals surface area contributed by atoms with Gasteiger partial charge in [0.15, 0.2) is 5.65 Å². The lowest BCUT2D eigenvalue weighted by molar-refractivity contribution is 0.181. The lowest BCUT2D eigenvalue weighted by atomic mass is 9.90. The molecule has 0 spiro atoms. The summed E-state index contributed by atoms with van der Waals surface area (Å²) in [7, 11) is 0. The van der Waals surface area contributed by atoms with E-state index in [0.717, 1.165) is 25.7 Å². The maximum Gasteiger partial charge on any atom is 0.405 e. The van der Waals surface area contributed by atoms with E-state index in [1.807, 2.05) is 0 Å². The Morgan fingerprint density at radius 1 is 1.35 bits per heavy atom. The summed E-state index contributed by atoms with van der Waals surface area (Å²) in [5.41, 5.74) is 2.01. The molecule has 2 heterocycles. The van der Waals surface area contributed by atoms with Crippen molar-refractivity contribution in [1.82, 2.24) is 19.9 Å². The van der Waals surface area contributed by atoms with Crippen LogP contribution >= 0.6 is 0 Å². The van der Waals surface area contributed by atoms with Crippen LogP contribution < -0.4 is 5.32 Å². The van der Waals surface area contributed by atoms with Crippen molar-refractivity contribution < 1.29 is 15.0 Å². The van der Waals surface area contributed by atoms with E-state index in [9.17, 15) is 15.0 Å². The largest absolute Gasteiger partial charge is 0.465 e. The number of aliphatic hydroxyl groups excluding tert-OH is 1. The van der Waals surface area contributed by atoms with Gasteiger partial charge in [0.2, 0.25) is 0 Å². The highest BCUT2D eigenvalue weighted by molar-refractivity contribution is 5.65. The summed E-state index contributed by atoms with van der Waals surface area (Å²) in [5, 5.41) is 25.3. The number of hydrogen-bond acceptors (Lipinski definition) is 4. The zero-order chi connectivity index (χ0) is 16.2. The summed E-state index contributed by atoms with van der Waals surface area (Å²) < 4.78 is 1.63. The van der Waals surface area contributed by atoms with Gasteiger partial charge in [0.05, 0.1) is 30.7 Å². The van der Waals surface area contributed by atoms with Gasteiger partial charge < -0.3 is 15.5 Å². The van der Waals surface area contributed by atoms with Crippen molar-refractivity contribution in [2.24, 2.45) is 5.92 Å². The number of rotatable bonds is 4. The van der Waals surface area contributed by atoms with Crippen molar-refractivity contribution in [1.29, 1.82) is 0 Å². The predicted molar refractivity (Wildman–Crippen MR) is 84.0 cm³/mol. The van der Waals surface area contributed by atoms with Gasteiger partial charge >= 0.3 is 6.09 Å². The number of carbonyl (C=O) groups is 1. The normalized spacial score (nSPS) is 17.8. The smallest absolute Gasteiger partial charge is 0.405 e. The highest BCUT2D eigenvalue weighted by atomic mass is 16.4. The molecule has 0 saturated heterocycles. The van der Waals surface area contributed by atoms with Gasteiger partial charge in [-0.25, -0.2) is 14.3 Å². The molecule has 3 N–H and O–H groups in total. The summed E-state index contributed by atoms with van der Waals surface area (Å²) in [6.07, 6.45) is 9.03. The molecule has 0 aromatic carbocycles. The summed E-state index contributed by atoms with van der Waals surface area (Å²) in [6, 6.07) is 1.45. The SMILES string of the molecule is O=C(O)N[C@H](c1cn2ncc(CO)cc2n1)C1CCCCCC1. The number of nitrogens with zero attached hydrogens (tertiary/aromatic N) is 3. The Morgan fingerprint density at radius 3 is 2.74 bits per heavy atom. The monoisotopic (exact) mass is 318 g/mol. The van der Waals surface area contributed by atoms with Crippen LogP contribution in [-0.4, -0.2) is 30.9 Å². The van der Waals surface area contributed by atoms with Crippen molar-refractivity contribution in [2.45, 2.75) is 51.2 Å². The topological polar surface area (TPSA) is 99.8 Å². The van der Waals surface area contributed by atoms with E-state index in [1.54, 1.807) is 23.0 Å². The second kappa shape index (κ2) is 6.95. The van der Waals surface area contributed by atoms with Crippen LogP contribution in [0.4, 0.5) is 4.79 Å². The van der Waals surface area contributed by atoms with Gasteiger partial charge in [0.25, 0.3) is 0 Å². The van der Waals surface area contributed by atoms with Crippen molar-refractivity contribution >= 4 is 11.7 Å². The number of fused-ring (bicyclic) bond motifs is 1. The Morgan fingerprint density at radius 2 is 2.09 bits per heavy atom. The van der Waals surface area contributed by atoms with Gasteiger partial charge in [0.1, 0.15) is 0 Å². The number of aromatic nitrogens is 3. The van der Waals surface area contributed by atoms with Gasteiger partial charge in [-0.15, -0.1) is 0 Å². The van der Waals surface area contributed by atoms with Crippen LogP contribution in [0.2, 0.25) is 0 Å². The summed E-state index contributed by atoms with van der Waals surface area (Å²) in [5.74, 6) is 0.260. The van der Waals surface area contributed by atoms with Crippen molar-refractivity contribution in [3.8, 4) is 0 Å². The molecule has 0 radical (unpaired) electrons. The van der Waals surface area contributed by atoms with E-state index >= 15 is 0 Å². The standard InChI is InChI=1S/C16H22N4O3/c21-10-11-7-14-18-13(9-20(14)17-8-11)15(19-16(22)23)12-5-3-1-2-4-6-12/h7-9,12,15,19,21H,1-6,10H2,(H,22,23)/t15-/m0/s1. The van der Waals surface area contributed by atoms with Crippen LogP contribution in [0.1, 0.15) is 55.8 Å². The molecular formula is C16H22N4O3. The maximum atomic E-state index is 11.2. The summed E-state index contributed by atoms with van der Waals surface area (Å²) in [6.45, 7) is -0.0921. The Kier molecular flexibility index (Phi) is 4.76. The van der Waals surface area contributed by atoms with Crippen LogP contribution in [0.15, 0.2) is 18.5 Å². The van der Waals surface area contributed by atoms with Crippen LogP contribution in [0.3, 0.4) is 0 Å². The molecule has 1 aliphatic carbocycles. The van der Waals surface area contributed by atoms with E-state index in [0.29, 0.717) is 16.9 Å². The molecule has 1 atom stereocenters. The highest BCUT2D eigenvalue weighted by Crippen LogP contribution is 2.33. The van der Waals surface area contributed by atoms with Crippen molar-refractivity contribution in [3.05, 3.63) is 29.7 Å². The summed E-state index contributed by atoms with van der Waals surface area (Å²) >= 11 is 0. The second-order valence-electron chi connectivity index (χ2n) is 6.17. The Bertz CT molecular complexity index is 677. The fourth-order valence-electron chi connectivity index (χ4n) is 3.38. The number of aliphatic hydroxyl groups is 1. The molecule has 23 heavy (non-hydrogen) atoms. The number of imidazole rings is 1. The molecule has 2 aromatic rings. The van der Waals surface area contributed by atoms with Gasteiger partial charge in [0, 0.05) is 5.56 Å². The second-order valence-corrected chi connectivity index (χ2v) is 6.17. The quantitative estimate of drug-likeness (QED) is 0.752. The predicted octanol–water partition coefficient (Wildman–Crippen LogP) is 2.50. The third kappa shape index (κ3) is 3.61. The molecule has 7 heteroatoms. The number of carboxylic acid groups (broad SMARTS) is 1. The molecule has 1 fully saturated rings. The van der Waals surface area contributed by atoms with Crippen LogP contribution in [-0.2, 0) is 6.61 Å². The van der Waals surface area contributed by atoms with E-state index < -0.39 is 6.09 Å². The summed E-state index contributed by atoms with van der Waals surface area (Å²) in [4.78, 5) is 15.8. The Balaban J connectivity index is 1.93. The van der Waals surface area contributed by atoms with E-state index in [2.05, 4.69) is 15.4 Å². The Hall–Kier alpha value is -2.15. The van der Waals surface area contributed by atoms with Crippen LogP contribution in [0.5, 0.6) is 0 Å². The lowest BCUT2D eigenvalue weighted by Gasteiger charge is -2.24. The van der Waals surface area contributed by atoms with E-state index in [4.69, 9.17) is 0 Å². The zero-order valence-corrected chi connectivity index (χ0v) is 13.0. The maximum absolute atomic E-state index is 11.2. The minimum atomic E-state index is -1.03. The number of nitrogens with one attached hydrogen (secondary N) is 1. The first kappa shape index (κ1) is 15.7. The van der Waals surface area contributed by atoms with Gasteiger partial charge in [-0.05, 0) is 24.8 Å². The fourth-order valence-corrected chi connectivity index (χ4v) is 3.38. The molecular weight excluding hydrogens is 296 g/mol. The molecule has 124 valence electrons. The minimum Gasteiger partial charge on any atom is -0.465 e. The number of amides is 1. The first-order chi connectivity index (χ1) is 11.2. The lowest BCUT2D eigenvalue weighted by Crippen LogP contribution is -2.32. The fraction of sp³-hybridized carbons (Fsp3) is 0.562. The minimum absolute atomic E-state index is 0.0921. The van der Waals surface area contributed by atoms with Gasteiger partial charge in [-0.2, -0.15) is 5.10 Å². The van der Waals surface area contributed by atoms with Crippen molar-refractivity contribution in [2.75, 3.05) is 0 Å². The molecule has 1 saturated carbocycles. The third-order valence-electron chi connectivity index (χ3n) is 4.55. The van der Waals surface area contributed by atoms with Crippen LogP contribution in [0, 0.1) is 5.92 Å². The molecule has 0 aliphatic heterocycles. The molecule has 0 bridgehead atoms. The molecule has 1 amide bonds. The number of hydrogen-bond donors (Lipinski definition) is 3. The molecule has 1 aliphatic rings. The van der Waals surface area contributed by atoms with Gasteiger partial charge in [-0.1, -0.05) is 25.7 Å². The van der Waals surface area contributed by atoms with Gasteiger partial charge in [-0.3, -0.25) is 0 Å². The first-order valence-electron chi connectivity index (χ1n) is 8.12. The third-order valence-corrected chi connectivity index (χ3v) is 4.55. The molecule has 0 unspecified atom stereocenters. The molecule has 7 nitrogen and oxygen atoms in total.